The van der Waals surface area contributed by atoms with Crippen LogP contribution in [0.2, 0.25) is 0 Å². The van der Waals surface area contributed by atoms with Crippen LogP contribution in [0.4, 0.5) is 0 Å². The molecule has 0 radical (unpaired) electrons. The summed E-state index contributed by atoms with van der Waals surface area (Å²) in [5, 5.41) is 8.62. The van der Waals surface area contributed by atoms with Crippen LogP contribution in [0.25, 0.3) is 0 Å². The monoisotopic (exact) mass is 195 g/mol. The Balaban J connectivity index is 2.79. The maximum atomic E-state index is 8.62. The maximum Gasteiger partial charge on any atom is 0.122 e. The molecule has 0 aliphatic carbocycles. The van der Waals surface area contributed by atoms with E-state index < -0.39 is 0 Å². The highest BCUT2D eigenvalue weighted by atomic mass is 16.5. The molecule has 0 saturated carbocycles. The molecule has 1 atom stereocenters. The van der Waals surface area contributed by atoms with Crippen LogP contribution in [-0.2, 0) is 0 Å². The van der Waals surface area contributed by atoms with E-state index in [2.05, 4.69) is 0 Å². The summed E-state index contributed by atoms with van der Waals surface area (Å²) in [5.41, 5.74) is 7.90. The van der Waals surface area contributed by atoms with Crippen molar-refractivity contribution in [2.45, 2.75) is 19.9 Å². The van der Waals surface area contributed by atoms with Crippen LogP contribution in [0.3, 0.4) is 0 Å². The molecular weight excluding hydrogens is 178 g/mol. The zero-order valence-corrected chi connectivity index (χ0v) is 8.66. The molecule has 1 aromatic carbocycles. The van der Waals surface area contributed by atoms with E-state index in [1.165, 1.54) is 0 Å². The molecule has 3 heteroatoms. The molecule has 0 aliphatic rings. The van der Waals surface area contributed by atoms with Crippen LogP contribution >= 0.6 is 0 Å². The van der Waals surface area contributed by atoms with Crippen LogP contribution in [0, 0.1) is 6.92 Å². The first-order valence-electron chi connectivity index (χ1n) is 4.75. The summed E-state index contributed by atoms with van der Waals surface area (Å²) in [4.78, 5) is 0. The van der Waals surface area contributed by atoms with Gasteiger partial charge in [-0.3, -0.25) is 0 Å². The molecule has 0 fully saturated rings. The minimum Gasteiger partial charge on any atom is -0.491 e. The predicted octanol–water partition coefficient (Wildman–Crippen LogP) is 1.39. The first kappa shape index (κ1) is 11.0. The number of benzene rings is 1. The fourth-order valence-electron chi connectivity index (χ4n) is 1.27. The number of aliphatic hydroxyl groups excluding tert-OH is 1. The molecule has 3 N–H and O–H groups in total. The third-order valence-corrected chi connectivity index (χ3v) is 2.07. The van der Waals surface area contributed by atoms with Gasteiger partial charge in [0.1, 0.15) is 12.4 Å². The van der Waals surface area contributed by atoms with Crippen molar-refractivity contribution >= 4 is 0 Å². The van der Waals surface area contributed by atoms with Gasteiger partial charge in [0.2, 0.25) is 0 Å². The summed E-state index contributed by atoms with van der Waals surface area (Å²) < 4.78 is 5.33. The van der Waals surface area contributed by atoms with Crippen molar-refractivity contribution in [1.29, 1.82) is 0 Å². The number of hydrogen-bond donors (Lipinski definition) is 2. The smallest absolute Gasteiger partial charge is 0.122 e. The van der Waals surface area contributed by atoms with Crippen LogP contribution in [0.15, 0.2) is 18.2 Å². The maximum absolute atomic E-state index is 8.62. The molecule has 0 saturated heterocycles. The summed E-state index contributed by atoms with van der Waals surface area (Å²) in [6.45, 7) is 4.29. The average molecular weight is 195 g/mol. The van der Waals surface area contributed by atoms with Crippen molar-refractivity contribution in [3.63, 3.8) is 0 Å². The molecule has 78 valence electrons. The number of aryl methyl sites for hydroxylation is 1. The molecule has 14 heavy (non-hydrogen) atoms. The van der Waals surface area contributed by atoms with Crippen LogP contribution in [0.1, 0.15) is 24.1 Å². The standard InChI is InChI=1S/C11H17NO2/c1-8-7-10(9(2)12)3-4-11(8)14-6-5-13/h3-4,7,9,13H,5-6,12H2,1-2H3. The number of ether oxygens (including phenoxy) is 1. The van der Waals surface area contributed by atoms with E-state index in [4.69, 9.17) is 15.6 Å². The Morgan fingerprint density at radius 3 is 2.71 bits per heavy atom. The number of hydrogen-bond acceptors (Lipinski definition) is 3. The number of rotatable bonds is 4. The number of aliphatic hydroxyl groups is 1. The molecule has 3 nitrogen and oxygen atoms in total. The molecule has 0 aliphatic heterocycles. The average Bonchev–Trinajstić information content (AvgIpc) is 2.15. The van der Waals surface area contributed by atoms with Crippen molar-refractivity contribution in [3.8, 4) is 5.75 Å². The fraction of sp³-hybridized carbons (Fsp3) is 0.455. The molecule has 1 rings (SSSR count). The van der Waals surface area contributed by atoms with Gasteiger partial charge < -0.3 is 15.6 Å². The third-order valence-electron chi connectivity index (χ3n) is 2.07. The van der Waals surface area contributed by atoms with E-state index in [-0.39, 0.29) is 12.6 Å². The van der Waals surface area contributed by atoms with Gasteiger partial charge in [0.05, 0.1) is 6.61 Å². The Morgan fingerprint density at radius 2 is 2.21 bits per heavy atom. The number of nitrogens with two attached hydrogens (primary N) is 1. The lowest BCUT2D eigenvalue weighted by molar-refractivity contribution is 0.200. The zero-order valence-electron chi connectivity index (χ0n) is 8.66. The van der Waals surface area contributed by atoms with E-state index in [0.717, 1.165) is 16.9 Å². The van der Waals surface area contributed by atoms with Gasteiger partial charge in [0.25, 0.3) is 0 Å². The summed E-state index contributed by atoms with van der Waals surface area (Å²) in [6.07, 6.45) is 0. The molecular formula is C11H17NO2. The van der Waals surface area contributed by atoms with Gasteiger partial charge in [0, 0.05) is 6.04 Å². The molecule has 0 bridgehead atoms. The van der Waals surface area contributed by atoms with Gasteiger partial charge in [-0.2, -0.15) is 0 Å². The van der Waals surface area contributed by atoms with Crippen molar-refractivity contribution in [3.05, 3.63) is 29.3 Å². The summed E-state index contributed by atoms with van der Waals surface area (Å²) in [7, 11) is 0. The Kier molecular flexibility index (Phi) is 3.92. The van der Waals surface area contributed by atoms with E-state index >= 15 is 0 Å². The normalized spacial score (nSPS) is 12.6. The van der Waals surface area contributed by atoms with E-state index in [0.29, 0.717) is 6.61 Å². The summed E-state index contributed by atoms with van der Waals surface area (Å²) in [5.74, 6) is 0.809. The second-order valence-electron chi connectivity index (χ2n) is 3.39. The van der Waals surface area contributed by atoms with Crippen LogP contribution in [0.5, 0.6) is 5.75 Å². The van der Waals surface area contributed by atoms with Crippen molar-refractivity contribution in [2.24, 2.45) is 5.73 Å². The Morgan fingerprint density at radius 1 is 1.50 bits per heavy atom. The van der Waals surface area contributed by atoms with Crippen LogP contribution in [-0.4, -0.2) is 18.3 Å². The van der Waals surface area contributed by atoms with Gasteiger partial charge >= 0.3 is 0 Å². The minimum atomic E-state index is 0.0362. The quantitative estimate of drug-likeness (QED) is 0.763. The Labute approximate surface area is 84.5 Å². The van der Waals surface area contributed by atoms with Crippen molar-refractivity contribution in [1.82, 2.24) is 0 Å². The minimum absolute atomic E-state index is 0.0362. The molecule has 0 aromatic heterocycles. The Hall–Kier alpha value is -1.06. The highest BCUT2D eigenvalue weighted by Crippen LogP contribution is 2.21. The summed E-state index contributed by atoms with van der Waals surface area (Å²) >= 11 is 0. The molecule has 0 heterocycles. The molecule has 1 unspecified atom stereocenters. The Bertz CT molecular complexity index is 297. The van der Waals surface area contributed by atoms with Crippen molar-refractivity contribution in [2.75, 3.05) is 13.2 Å². The van der Waals surface area contributed by atoms with Crippen molar-refractivity contribution < 1.29 is 9.84 Å². The highest BCUT2D eigenvalue weighted by Gasteiger charge is 2.03. The van der Waals surface area contributed by atoms with E-state index in [9.17, 15) is 0 Å². The van der Waals surface area contributed by atoms with Crippen LogP contribution < -0.4 is 10.5 Å². The molecule has 0 spiro atoms. The lowest BCUT2D eigenvalue weighted by Gasteiger charge is -2.11. The second-order valence-corrected chi connectivity index (χ2v) is 3.39. The van der Waals surface area contributed by atoms with Gasteiger partial charge in [0.15, 0.2) is 0 Å². The summed E-state index contributed by atoms with van der Waals surface area (Å²) in [6, 6.07) is 5.89. The lowest BCUT2D eigenvalue weighted by atomic mass is 10.1. The van der Waals surface area contributed by atoms with Gasteiger partial charge in [-0.05, 0) is 31.0 Å². The highest BCUT2D eigenvalue weighted by molar-refractivity contribution is 5.37. The lowest BCUT2D eigenvalue weighted by Crippen LogP contribution is -2.06. The largest absolute Gasteiger partial charge is 0.491 e. The van der Waals surface area contributed by atoms with E-state index in [1.807, 2.05) is 32.0 Å². The SMILES string of the molecule is Cc1cc(C(C)N)ccc1OCCO. The first-order chi connectivity index (χ1) is 6.65. The van der Waals surface area contributed by atoms with E-state index in [1.54, 1.807) is 0 Å². The van der Waals surface area contributed by atoms with Gasteiger partial charge in [-0.25, -0.2) is 0 Å². The molecule has 0 amide bonds. The third kappa shape index (κ3) is 2.72. The predicted molar refractivity (Wildman–Crippen MR) is 56.4 cm³/mol. The fourth-order valence-corrected chi connectivity index (χ4v) is 1.27. The molecule has 1 aromatic rings. The second kappa shape index (κ2) is 4.98. The van der Waals surface area contributed by atoms with Gasteiger partial charge in [-0.1, -0.05) is 12.1 Å². The topological polar surface area (TPSA) is 55.5 Å². The van der Waals surface area contributed by atoms with Gasteiger partial charge in [-0.15, -0.1) is 0 Å². The zero-order chi connectivity index (χ0) is 10.6. The first-order valence-corrected chi connectivity index (χ1v) is 4.75.